The van der Waals surface area contributed by atoms with Gasteiger partial charge in [0.15, 0.2) is 5.44 Å². The number of nitrogens with one attached hydrogen (secondary N) is 1. The van der Waals surface area contributed by atoms with Crippen molar-refractivity contribution in [3.63, 3.8) is 0 Å². The molecule has 3 N–H and O–H groups in total. The second kappa shape index (κ2) is 5.51. The lowest BCUT2D eigenvalue weighted by molar-refractivity contribution is 0.0695. The fourth-order valence-corrected chi connectivity index (χ4v) is 2.03. The first-order valence-corrected chi connectivity index (χ1v) is 5.34. The standard InChI is InChI=1S/C6H13NO4S.H2O/c1-2-11-12(8,9)6-5-7-3-4-10-6;/h6-7H,2-5H2,1H3;1H2. The molecule has 1 rings (SSSR count). The van der Waals surface area contributed by atoms with E-state index >= 15 is 0 Å². The number of rotatable bonds is 3. The summed E-state index contributed by atoms with van der Waals surface area (Å²) in [6, 6.07) is 0. The maximum Gasteiger partial charge on any atom is 0.296 e. The summed E-state index contributed by atoms with van der Waals surface area (Å²) in [6.07, 6.45) is 0. The summed E-state index contributed by atoms with van der Waals surface area (Å²) < 4.78 is 32.0. The lowest BCUT2D eigenvalue weighted by atomic mass is 10.5. The molecule has 1 aliphatic rings. The van der Waals surface area contributed by atoms with Crippen LogP contribution in [0.1, 0.15) is 6.92 Å². The summed E-state index contributed by atoms with van der Waals surface area (Å²) >= 11 is 0. The normalized spacial score (nSPS) is 23.6. The third-order valence-corrected chi connectivity index (χ3v) is 3.01. The third-order valence-electron chi connectivity index (χ3n) is 1.50. The molecule has 1 unspecified atom stereocenters. The van der Waals surface area contributed by atoms with E-state index in [4.69, 9.17) is 4.74 Å². The minimum atomic E-state index is -3.52. The van der Waals surface area contributed by atoms with Crippen LogP contribution in [0, 0.1) is 0 Å². The average molecular weight is 213 g/mol. The van der Waals surface area contributed by atoms with E-state index in [1.807, 2.05) is 0 Å². The first kappa shape index (κ1) is 12.8. The molecule has 0 saturated carbocycles. The van der Waals surface area contributed by atoms with Gasteiger partial charge >= 0.3 is 0 Å². The summed E-state index contributed by atoms with van der Waals surface area (Å²) in [5.74, 6) is 0. The molecule has 1 fully saturated rings. The van der Waals surface area contributed by atoms with Gasteiger partial charge in [-0.2, -0.15) is 8.42 Å². The minimum Gasteiger partial charge on any atom is -0.412 e. The molecule has 0 aromatic rings. The van der Waals surface area contributed by atoms with Crippen LogP contribution in [-0.2, 0) is 19.0 Å². The van der Waals surface area contributed by atoms with Crippen LogP contribution in [-0.4, -0.2) is 45.6 Å². The van der Waals surface area contributed by atoms with Gasteiger partial charge in [0, 0.05) is 13.1 Å². The Bertz CT molecular complexity index is 221. The SMILES string of the molecule is CCOS(=O)(=O)C1CNCCO1.O. The molecule has 0 bridgehead atoms. The van der Waals surface area contributed by atoms with Crippen LogP contribution in [0.5, 0.6) is 0 Å². The van der Waals surface area contributed by atoms with E-state index in [0.29, 0.717) is 19.7 Å². The van der Waals surface area contributed by atoms with Gasteiger partial charge in [-0.05, 0) is 6.92 Å². The lowest BCUT2D eigenvalue weighted by Gasteiger charge is -2.22. The molecular weight excluding hydrogens is 198 g/mol. The number of hydrogen-bond acceptors (Lipinski definition) is 5. The topological polar surface area (TPSA) is 96.1 Å². The van der Waals surface area contributed by atoms with Gasteiger partial charge in [0.1, 0.15) is 0 Å². The number of ether oxygens (including phenoxy) is 1. The Morgan fingerprint density at radius 2 is 2.31 bits per heavy atom. The molecule has 1 aliphatic heterocycles. The molecule has 13 heavy (non-hydrogen) atoms. The zero-order chi connectivity index (χ0) is 9.03. The van der Waals surface area contributed by atoms with E-state index < -0.39 is 15.6 Å². The minimum absolute atomic E-state index is 0. The molecule has 1 heterocycles. The van der Waals surface area contributed by atoms with Crippen LogP contribution < -0.4 is 5.32 Å². The molecule has 80 valence electrons. The van der Waals surface area contributed by atoms with Crippen LogP contribution in [0.15, 0.2) is 0 Å². The summed E-state index contributed by atoms with van der Waals surface area (Å²) in [5.41, 5.74) is -0.841. The molecule has 1 saturated heterocycles. The highest BCUT2D eigenvalue weighted by Gasteiger charge is 2.28. The lowest BCUT2D eigenvalue weighted by Crippen LogP contribution is -2.43. The van der Waals surface area contributed by atoms with Crippen molar-refractivity contribution < 1.29 is 22.8 Å². The predicted octanol–water partition coefficient (Wildman–Crippen LogP) is -1.53. The van der Waals surface area contributed by atoms with Crippen molar-refractivity contribution in [3.8, 4) is 0 Å². The van der Waals surface area contributed by atoms with Crippen LogP contribution in [0.4, 0.5) is 0 Å². The molecule has 6 nitrogen and oxygen atoms in total. The quantitative estimate of drug-likeness (QED) is 0.574. The smallest absolute Gasteiger partial charge is 0.296 e. The van der Waals surface area contributed by atoms with Gasteiger partial charge in [0.25, 0.3) is 10.1 Å². The van der Waals surface area contributed by atoms with Crippen molar-refractivity contribution in [2.24, 2.45) is 0 Å². The molecular formula is C6H15NO5S. The maximum absolute atomic E-state index is 11.2. The second-order valence-electron chi connectivity index (χ2n) is 2.40. The third kappa shape index (κ3) is 3.57. The molecule has 0 radical (unpaired) electrons. The van der Waals surface area contributed by atoms with Gasteiger partial charge in [0.2, 0.25) is 0 Å². The van der Waals surface area contributed by atoms with Crippen molar-refractivity contribution >= 4 is 10.1 Å². The second-order valence-corrected chi connectivity index (χ2v) is 4.15. The van der Waals surface area contributed by atoms with Gasteiger partial charge in [-0.3, -0.25) is 4.18 Å². The molecule has 0 aromatic heterocycles. The highest BCUT2D eigenvalue weighted by molar-refractivity contribution is 7.87. The summed E-state index contributed by atoms with van der Waals surface area (Å²) in [7, 11) is -3.52. The van der Waals surface area contributed by atoms with Crippen molar-refractivity contribution in [2.75, 3.05) is 26.3 Å². The van der Waals surface area contributed by atoms with Crippen molar-refractivity contribution in [3.05, 3.63) is 0 Å². The zero-order valence-corrected chi connectivity index (χ0v) is 8.26. The van der Waals surface area contributed by atoms with Crippen LogP contribution >= 0.6 is 0 Å². The maximum atomic E-state index is 11.2. The molecule has 0 aliphatic carbocycles. The van der Waals surface area contributed by atoms with Gasteiger partial charge in [0.05, 0.1) is 13.2 Å². The Morgan fingerprint density at radius 1 is 1.62 bits per heavy atom. The van der Waals surface area contributed by atoms with Gasteiger partial charge in [-0.15, -0.1) is 0 Å². The summed E-state index contributed by atoms with van der Waals surface area (Å²) in [6.45, 7) is 3.20. The Hall–Kier alpha value is -0.210. The highest BCUT2D eigenvalue weighted by atomic mass is 32.2. The molecule has 7 heteroatoms. The first-order valence-electron chi connectivity index (χ1n) is 3.87. The highest BCUT2D eigenvalue weighted by Crippen LogP contribution is 2.07. The van der Waals surface area contributed by atoms with Crippen molar-refractivity contribution in [1.29, 1.82) is 0 Å². The van der Waals surface area contributed by atoms with E-state index in [-0.39, 0.29) is 12.1 Å². The summed E-state index contributed by atoms with van der Waals surface area (Å²) in [5, 5.41) is 2.92. The fourth-order valence-electron chi connectivity index (χ4n) is 0.967. The molecule has 0 aromatic carbocycles. The van der Waals surface area contributed by atoms with E-state index in [0.717, 1.165) is 0 Å². The number of morpholine rings is 1. The van der Waals surface area contributed by atoms with Crippen LogP contribution in [0.2, 0.25) is 0 Å². The van der Waals surface area contributed by atoms with E-state index in [1.54, 1.807) is 6.92 Å². The fraction of sp³-hybridized carbons (Fsp3) is 1.00. The van der Waals surface area contributed by atoms with Crippen LogP contribution in [0.3, 0.4) is 0 Å². The number of hydrogen-bond donors (Lipinski definition) is 1. The first-order chi connectivity index (χ1) is 5.67. The van der Waals surface area contributed by atoms with E-state index in [2.05, 4.69) is 9.50 Å². The molecule has 0 spiro atoms. The molecule has 1 atom stereocenters. The van der Waals surface area contributed by atoms with E-state index in [9.17, 15) is 8.42 Å². The Balaban J connectivity index is 0.00000144. The van der Waals surface area contributed by atoms with Gasteiger partial charge in [-0.1, -0.05) is 0 Å². The largest absolute Gasteiger partial charge is 0.412 e. The van der Waals surface area contributed by atoms with Gasteiger partial charge < -0.3 is 15.5 Å². The Morgan fingerprint density at radius 3 is 2.77 bits per heavy atom. The monoisotopic (exact) mass is 213 g/mol. The summed E-state index contributed by atoms with van der Waals surface area (Å²) in [4.78, 5) is 0. The molecule has 0 amide bonds. The predicted molar refractivity (Wildman–Crippen MR) is 46.8 cm³/mol. The zero-order valence-electron chi connectivity index (χ0n) is 7.45. The van der Waals surface area contributed by atoms with E-state index in [1.165, 1.54) is 0 Å². The average Bonchev–Trinajstić information content (AvgIpc) is 2.06. The van der Waals surface area contributed by atoms with Crippen molar-refractivity contribution in [1.82, 2.24) is 5.32 Å². The Labute approximate surface area is 77.7 Å². The van der Waals surface area contributed by atoms with Crippen LogP contribution in [0.25, 0.3) is 0 Å². The van der Waals surface area contributed by atoms with Crippen molar-refractivity contribution in [2.45, 2.75) is 12.4 Å². The Kier molecular flexibility index (Phi) is 5.42. The van der Waals surface area contributed by atoms with Gasteiger partial charge in [-0.25, -0.2) is 0 Å².